The van der Waals surface area contributed by atoms with Crippen LogP contribution in [0.2, 0.25) is 0 Å². The average Bonchev–Trinajstić information content (AvgIpc) is 2.92. The van der Waals surface area contributed by atoms with Gasteiger partial charge in [-0.1, -0.05) is 97.1 Å². The molecular formula is C38H40O2P2. The van der Waals surface area contributed by atoms with E-state index >= 15 is 9.13 Å². The van der Waals surface area contributed by atoms with E-state index in [0.29, 0.717) is 0 Å². The van der Waals surface area contributed by atoms with E-state index in [-0.39, 0.29) is 0 Å². The molecule has 5 aromatic rings. The van der Waals surface area contributed by atoms with Crippen LogP contribution in [0.4, 0.5) is 0 Å². The molecule has 0 amide bonds. The lowest BCUT2D eigenvalue weighted by Gasteiger charge is -2.29. The van der Waals surface area contributed by atoms with E-state index < -0.39 is 14.3 Å². The van der Waals surface area contributed by atoms with Crippen molar-refractivity contribution in [3.8, 4) is 0 Å². The van der Waals surface area contributed by atoms with E-state index in [4.69, 9.17) is 0 Å². The summed E-state index contributed by atoms with van der Waals surface area (Å²) in [5.41, 5.74) is 8.12. The summed E-state index contributed by atoms with van der Waals surface area (Å²) in [5, 5.41) is 5.09. The number of aryl methyl sites for hydroxylation is 8. The van der Waals surface area contributed by atoms with E-state index in [1.165, 1.54) is 0 Å². The van der Waals surface area contributed by atoms with Crippen molar-refractivity contribution in [2.45, 2.75) is 55.4 Å². The monoisotopic (exact) mass is 590 g/mol. The molecule has 0 N–H and O–H groups in total. The van der Waals surface area contributed by atoms with Gasteiger partial charge in [0.25, 0.3) is 0 Å². The smallest absolute Gasteiger partial charge is 0.172 e. The van der Waals surface area contributed by atoms with Crippen LogP contribution in [0.25, 0.3) is 0 Å². The summed E-state index contributed by atoms with van der Waals surface area (Å²) in [4.78, 5) is 0. The first-order chi connectivity index (χ1) is 19.9. The molecule has 0 spiro atoms. The Bertz CT molecular complexity index is 1580. The van der Waals surface area contributed by atoms with Crippen LogP contribution < -0.4 is 31.8 Å². The van der Waals surface area contributed by atoms with E-state index in [2.05, 4.69) is 0 Å². The van der Waals surface area contributed by atoms with E-state index in [0.717, 1.165) is 76.3 Å². The molecule has 0 heterocycles. The van der Waals surface area contributed by atoms with E-state index in [1.54, 1.807) is 0 Å². The molecule has 0 bridgehead atoms. The highest BCUT2D eigenvalue weighted by atomic mass is 31.2. The van der Waals surface area contributed by atoms with Gasteiger partial charge in [0, 0.05) is 31.8 Å². The highest BCUT2D eigenvalue weighted by Crippen LogP contribution is 2.49. The van der Waals surface area contributed by atoms with Gasteiger partial charge in [0.15, 0.2) is 14.3 Å². The molecule has 2 nitrogen and oxygen atoms in total. The fourth-order valence-corrected chi connectivity index (χ4v) is 14.0. The van der Waals surface area contributed by atoms with Crippen LogP contribution in [-0.4, -0.2) is 0 Å². The molecular weight excluding hydrogens is 550 g/mol. The molecule has 0 aliphatic heterocycles. The zero-order valence-electron chi connectivity index (χ0n) is 25.9. The van der Waals surface area contributed by atoms with Gasteiger partial charge in [-0.05, 0) is 99.9 Å². The van der Waals surface area contributed by atoms with Crippen molar-refractivity contribution < 1.29 is 9.13 Å². The Morgan fingerprint density at radius 2 is 0.476 bits per heavy atom. The molecule has 4 heteroatoms. The molecule has 5 aromatic carbocycles. The molecule has 0 saturated carbocycles. The van der Waals surface area contributed by atoms with E-state index in [9.17, 15) is 0 Å². The van der Waals surface area contributed by atoms with Crippen LogP contribution in [0.15, 0.2) is 97.1 Å². The summed E-state index contributed by atoms with van der Waals surface area (Å²) in [5.74, 6) is 0. The third-order valence-electron chi connectivity index (χ3n) is 8.59. The topological polar surface area (TPSA) is 34.1 Å². The second kappa shape index (κ2) is 11.3. The number of benzene rings is 5. The van der Waals surface area contributed by atoms with Gasteiger partial charge in [0.2, 0.25) is 0 Å². The number of hydrogen-bond acceptors (Lipinski definition) is 2. The van der Waals surface area contributed by atoms with Crippen molar-refractivity contribution in [2.75, 3.05) is 0 Å². The maximum Gasteiger partial charge on any atom is 0.172 e. The molecule has 214 valence electrons. The minimum atomic E-state index is -3.27. The zero-order valence-corrected chi connectivity index (χ0v) is 27.7. The first-order valence-corrected chi connectivity index (χ1v) is 17.9. The molecule has 0 aliphatic rings. The number of rotatable bonds is 6. The highest BCUT2D eigenvalue weighted by molar-refractivity contribution is 7.86. The fraction of sp³-hybridized carbons (Fsp3) is 0.211. The summed E-state index contributed by atoms with van der Waals surface area (Å²) in [6.45, 7) is 16.4. The van der Waals surface area contributed by atoms with Crippen molar-refractivity contribution in [1.82, 2.24) is 0 Å². The summed E-state index contributed by atoms with van der Waals surface area (Å²) < 4.78 is 31.5. The Morgan fingerprint density at radius 1 is 0.310 bits per heavy atom. The van der Waals surface area contributed by atoms with Crippen LogP contribution >= 0.6 is 14.3 Å². The van der Waals surface area contributed by atoms with Crippen LogP contribution in [0.3, 0.4) is 0 Å². The van der Waals surface area contributed by atoms with Gasteiger partial charge in [-0.25, -0.2) is 0 Å². The van der Waals surface area contributed by atoms with Crippen LogP contribution in [0, 0.1) is 55.4 Å². The van der Waals surface area contributed by atoms with Crippen LogP contribution in [-0.2, 0) is 9.13 Å². The standard InChI is InChI=1S/C38H40O2P2/c1-25-13-9-14-26(2)35(25)41(39,36-27(3)15-10-16-28(36)4)33-21-23-34(24-22-33)42(40,37-29(5)17-11-18-30(37)6)38-31(7)19-12-20-32(38)8/h9-24H,1-8H3. The predicted octanol–water partition coefficient (Wildman–Crippen LogP) is 7.43. The fourth-order valence-electron chi connectivity index (χ4n) is 6.82. The summed E-state index contributed by atoms with van der Waals surface area (Å²) >= 11 is 0. The minimum absolute atomic E-state index is 0.760. The Balaban J connectivity index is 1.83. The van der Waals surface area contributed by atoms with Crippen LogP contribution in [0.5, 0.6) is 0 Å². The van der Waals surface area contributed by atoms with Gasteiger partial charge in [-0.15, -0.1) is 0 Å². The largest absolute Gasteiger partial charge is 0.309 e. The zero-order chi connectivity index (χ0) is 30.4. The van der Waals surface area contributed by atoms with Gasteiger partial charge in [0.1, 0.15) is 0 Å². The molecule has 0 fully saturated rings. The highest BCUT2D eigenvalue weighted by Gasteiger charge is 2.38. The number of hydrogen-bond donors (Lipinski definition) is 0. The average molecular weight is 591 g/mol. The Hall–Kier alpha value is -3.44. The lowest BCUT2D eigenvalue weighted by atomic mass is 10.1. The lowest BCUT2D eigenvalue weighted by Crippen LogP contribution is -2.33. The normalized spacial score (nSPS) is 12.0. The van der Waals surface area contributed by atoms with Crippen molar-refractivity contribution in [3.05, 3.63) is 142 Å². The van der Waals surface area contributed by atoms with Crippen molar-refractivity contribution in [1.29, 1.82) is 0 Å². The third kappa shape index (κ3) is 4.76. The molecule has 0 aliphatic carbocycles. The maximum absolute atomic E-state index is 15.7. The van der Waals surface area contributed by atoms with Gasteiger partial charge in [-0.3, -0.25) is 0 Å². The third-order valence-corrected chi connectivity index (χ3v) is 16.0. The summed E-state index contributed by atoms with van der Waals surface area (Å²) in [6, 6.07) is 32.4. The molecule has 0 atom stereocenters. The second-order valence-corrected chi connectivity index (χ2v) is 17.0. The van der Waals surface area contributed by atoms with Gasteiger partial charge < -0.3 is 9.13 Å². The Labute approximate surface area is 251 Å². The molecule has 5 rings (SSSR count). The van der Waals surface area contributed by atoms with Gasteiger partial charge >= 0.3 is 0 Å². The van der Waals surface area contributed by atoms with Crippen LogP contribution in [0.1, 0.15) is 44.5 Å². The molecule has 0 unspecified atom stereocenters. The first kappa shape index (κ1) is 30.0. The predicted molar refractivity (Wildman–Crippen MR) is 183 cm³/mol. The molecule has 0 saturated heterocycles. The quantitative estimate of drug-likeness (QED) is 0.193. The summed E-state index contributed by atoms with van der Waals surface area (Å²) in [6.07, 6.45) is 0. The maximum atomic E-state index is 15.7. The lowest BCUT2D eigenvalue weighted by molar-refractivity contribution is 0.591. The van der Waals surface area contributed by atoms with Gasteiger partial charge in [0.05, 0.1) is 0 Å². The summed E-state index contributed by atoms with van der Waals surface area (Å²) in [7, 11) is -6.54. The van der Waals surface area contributed by atoms with E-state index in [1.807, 2.05) is 152 Å². The second-order valence-electron chi connectivity index (χ2n) is 11.7. The first-order valence-electron chi connectivity index (χ1n) is 14.5. The molecule has 0 radical (unpaired) electrons. The Morgan fingerprint density at radius 3 is 0.643 bits per heavy atom. The van der Waals surface area contributed by atoms with Crippen molar-refractivity contribution in [3.63, 3.8) is 0 Å². The SMILES string of the molecule is Cc1cccc(C)c1P(=O)(c1ccc(P(=O)(c2c(C)cccc2C)c2c(C)cccc2C)cc1)c1c(C)cccc1C. The van der Waals surface area contributed by atoms with Crippen molar-refractivity contribution >= 4 is 46.1 Å². The molecule has 42 heavy (non-hydrogen) atoms. The Kier molecular flexibility index (Phi) is 8.10. The van der Waals surface area contributed by atoms with Gasteiger partial charge in [-0.2, -0.15) is 0 Å². The van der Waals surface area contributed by atoms with Crippen molar-refractivity contribution in [2.24, 2.45) is 0 Å². The molecule has 0 aromatic heterocycles. The minimum Gasteiger partial charge on any atom is -0.309 e.